The fourth-order valence-electron chi connectivity index (χ4n) is 8.50. The van der Waals surface area contributed by atoms with Gasteiger partial charge in [0.1, 0.15) is 0 Å². The van der Waals surface area contributed by atoms with Crippen LogP contribution in [0.15, 0.2) is 36.5 Å². The van der Waals surface area contributed by atoms with Crippen molar-refractivity contribution < 1.29 is 24.5 Å². The monoisotopic (exact) mass is 900 g/mol. The van der Waals surface area contributed by atoms with E-state index in [-0.39, 0.29) is 18.5 Å². The van der Waals surface area contributed by atoms with Crippen LogP contribution in [0.5, 0.6) is 0 Å². The van der Waals surface area contributed by atoms with E-state index in [9.17, 15) is 19.8 Å². The number of nitrogens with one attached hydrogen (secondary N) is 1. The molecule has 0 bridgehead atoms. The van der Waals surface area contributed by atoms with E-state index >= 15 is 0 Å². The van der Waals surface area contributed by atoms with E-state index in [4.69, 9.17) is 4.74 Å². The van der Waals surface area contributed by atoms with Gasteiger partial charge in [-0.15, -0.1) is 0 Å². The lowest BCUT2D eigenvalue weighted by molar-refractivity contribution is -0.143. The number of hydrogen-bond acceptors (Lipinski definition) is 5. The molecule has 0 aromatic carbocycles. The Kier molecular flexibility index (Phi) is 52.1. The average Bonchev–Trinajstić information content (AvgIpc) is 3.29. The van der Waals surface area contributed by atoms with Crippen molar-refractivity contribution in [2.75, 3.05) is 13.2 Å². The number of amides is 1. The normalized spacial score (nSPS) is 12.9. The summed E-state index contributed by atoms with van der Waals surface area (Å²) in [5.41, 5.74) is 0. The van der Waals surface area contributed by atoms with Gasteiger partial charge < -0.3 is 20.3 Å². The van der Waals surface area contributed by atoms with E-state index in [1.165, 1.54) is 218 Å². The molecule has 0 rings (SSSR count). The van der Waals surface area contributed by atoms with Gasteiger partial charge in [-0.25, -0.2) is 0 Å². The maximum Gasteiger partial charge on any atom is 0.305 e. The van der Waals surface area contributed by atoms with Crippen LogP contribution in [0, 0.1) is 0 Å². The second kappa shape index (κ2) is 53.7. The quantitative estimate of drug-likeness (QED) is 0.0321. The van der Waals surface area contributed by atoms with E-state index in [2.05, 4.69) is 43.5 Å². The maximum atomic E-state index is 12.4. The standard InChI is InChI=1S/C58H109NO5/c1-3-5-7-9-11-13-15-30-34-38-42-46-50-56(61)55(54-60)59-57(62)51-47-43-39-35-31-28-26-24-22-20-18-17-19-21-23-25-27-29-33-37-41-45-49-53-64-58(63)52-48-44-40-36-32-16-14-12-10-8-6-4-2/h12,14,20,22,46,50,55-56,60-61H,3-11,13,15-19,21,23-45,47-49,51-54H2,1-2H3,(H,59,62)/b14-12-,22-20-,50-46+. The zero-order valence-corrected chi connectivity index (χ0v) is 42.8. The molecule has 6 heteroatoms. The van der Waals surface area contributed by atoms with Crippen LogP contribution in [0.3, 0.4) is 0 Å². The fraction of sp³-hybridized carbons (Fsp3) is 0.862. The minimum absolute atomic E-state index is 0.000362. The van der Waals surface area contributed by atoms with Crippen LogP contribution in [0.4, 0.5) is 0 Å². The van der Waals surface area contributed by atoms with Crippen LogP contribution in [0.25, 0.3) is 0 Å². The molecule has 0 fully saturated rings. The van der Waals surface area contributed by atoms with Gasteiger partial charge in [0, 0.05) is 12.8 Å². The van der Waals surface area contributed by atoms with Crippen molar-refractivity contribution in [3.63, 3.8) is 0 Å². The largest absolute Gasteiger partial charge is 0.466 e. The Morgan fingerprint density at radius 3 is 1.14 bits per heavy atom. The Hall–Kier alpha value is -1.92. The maximum absolute atomic E-state index is 12.4. The van der Waals surface area contributed by atoms with Crippen molar-refractivity contribution >= 4 is 11.9 Å². The molecule has 0 aromatic heterocycles. The number of unbranched alkanes of at least 4 members (excludes halogenated alkanes) is 37. The molecule has 376 valence electrons. The summed E-state index contributed by atoms with van der Waals surface area (Å²) < 4.78 is 5.46. The molecule has 6 nitrogen and oxygen atoms in total. The number of carbonyl (C=O) groups excluding carboxylic acids is 2. The Balaban J connectivity index is 3.43. The van der Waals surface area contributed by atoms with Crippen molar-refractivity contribution in [3.8, 4) is 0 Å². The molecule has 0 aliphatic heterocycles. The molecule has 0 heterocycles. The summed E-state index contributed by atoms with van der Waals surface area (Å²) in [7, 11) is 0. The van der Waals surface area contributed by atoms with Crippen LogP contribution in [-0.4, -0.2) is 47.4 Å². The summed E-state index contributed by atoms with van der Waals surface area (Å²) in [5, 5.41) is 23.0. The van der Waals surface area contributed by atoms with Gasteiger partial charge in [0.05, 0.1) is 25.4 Å². The van der Waals surface area contributed by atoms with Crippen molar-refractivity contribution in [3.05, 3.63) is 36.5 Å². The Bertz CT molecular complexity index is 1040. The smallest absolute Gasteiger partial charge is 0.305 e. The molecule has 0 aliphatic rings. The number of allylic oxidation sites excluding steroid dienone is 5. The summed E-state index contributed by atoms with van der Waals surface area (Å²) in [6, 6.07) is -0.631. The van der Waals surface area contributed by atoms with Gasteiger partial charge in [0.2, 0.25) is 5.91 Å². The highest BCUT2D eigenvalue weighted by atomic mass is 16.5. The van der Waals surface area contributed by atoms with Gasteiger partial charge in [0.15, 0.2) is 0 Å². The number of aliphatic hydroxyl groups excluding tert-OH is 2. The van der Waals surface area contributed by atoms with Crippen molar-refractivity contribution in [2.45, 2.75) is 309 Å². The van der Waals surface area contributed by atoms with Crippen molar-refractivity contribution in [1.82, 2.24) is 5.32 Å². The predicted octanol–water partition coefficient (Wildman–Crippen LogP) is 17.2. The average molecular weight is 901 g/mol. The van der Waals surface area contributed by atoms with E-state index in [1.807, 2.05) is 6.08 Å². The third-order valence-corrected chi connectivity index (χ3v) is 12.9. The molecule has 64 heavy (non-hydrogen) atoms. The first-order valence-corrected chi connectivity index (χ1v) is 28.3. The van der Waals surface area contributed by atoms with Gasteiger partial charge in [-0.1, -0.05) is 237 Å². The zero-order chi connectivity index (χ0) is 46.5. The fourth-order valence-corrected chi connectivity index (χ4v) is 8.50. The van der Waals surface area contributed by atoms with Crippen LogP contribution in [0.1, 0.15) is 296 Å². The highest BCUT2D eigenvalue weighted by Crippen LogP contribution is 2.16. The first kappa shape index (κ1) is 62.1. The third kappa shape index (κ3) is 49.5. The van der Waals surface area contributed by atoms with E-state index in [0.717, 1.165) is 51.4 Å². The van der Waals surface area contributed by atoms with Crippen LogP contribution in [-0.2, 0) is 14.3 Å². The molecule has 0 saturated carbocycles. The minimum atomic E-state index is -0.847. The summed E-state index contributed by atoms with van der Waals surface area (Å²) in [6.07, 6.45) is 66.0. The zero-order valence-electron chi connectivity index (χ0n) is 42.8. The molecule has 0 aromatic rings. The number of aliphatic hydroxyl groups is 2. The number of ether oxygens (including phenoxy) is 1. The summed E-state index contributed by atoms with van der Waals surface area (Å²) in [5.74, 6) is -0.0749. The van der Waals surface area contributed by atoms with Gasteiger partial charge in [-0.2, -0.15) is 0 Å². The Morgan fingerprint density at radius 2 is 0.734 bits per heavy atom. The molecule has 0 saturated heterocycles. The number of carbonyl (C=O) groups is 2. The molecule has 2 atom stereocenters. The molecule has 1 amide bonds. The summed E-state index contributed by atoms with van der Waals surface area (Å²) in [4.78, 5) is 24.4. The predicted molar refractivity (Wildman–Crippen MR) is 278 cm³/mol. The molecule has 0 radical (unpaired) electrons. The lowest BCUT2D eigenvalue weighted by Gasteiger charge is -2.20. The highest BCUT2D eigenvalue weighted by Gasteiger charge is 2.18. The molecular formula is C58H109NO5. The number of hydrogen-bond donors (Lipinski definition) is 3. The molecule has 0 aliphatic carbocycles. The second-order valence-electron chi connectivity index (χ2n) is 19.3. The van der Waals surface area contributed by atoms with Gasteiger partial charge in [0.25, 0.3) is 0 Å². The number of esters is 1. The molecule has 2 unspecified atom stereocenters. The molecular weight excluding hydrogens is 791 g/mol. The topological polar surface area (TPSA) is 95.9 Å². The first-order chi connectivity index (χ1) is 31.5. The lowest BCUT2D eigenvalue weighted by atomic mass is 10.0. The van der Waals surface area contributed by atoms with Crippen LogP contribution in [0.2, 0.25) is 0 Å². The lowest BCUT2D eigenvalue weighted by Crippen LogP contribution is -2.45. The van der Waals surface area contributed by atoms with Gasteiger partial charge in [-0.3, -0.25) is 9.59 Å². The van der Waals surface area contributed by atoms with E-state index < -0.39 is 12.1 Å². The SMILES string of the molecule is CCCCC/C=C\CCCCCCCC(=O)OCCCCCCCCCCCCCC/C=C\CCCCCCCCCC(=O)NC(CO)C(O)/C=C/CCCCCCCCCCCC. The van der Waals surface area contributed by atoms with E-state index in [1.54, 1.807) is 6.08 Å². The summed E-state index contributed by atoms with van der Waals surface area (Å²) >= 11 is 0. The minimum Gasteiger partial charge on any atom is -0.466 e. The molecule has 3 N–H and O–H groups in total. The van der Waals surface area contributed by atoms with E-state index in [0.29, 0.717) is 19.4 Å². The van der Waals surface area contributed by atoms with Crippen LogP contribution < -0.4 is 5.32 Å². The number of rotatable bonds is 52. The molecule has 0 spiro atoms. The Morgan fingerprint density at radius 1 is 0.422 bits per heavy atom. The van der Waals surface area contributed by atoms with Gasteiger partial charge >= 0.3 is 5.97 Å². The third-order valence-electron chi connectivity index (χ3n) is 12.9. The van der Waals surface area contributed by atoms with Gasteiger partial charge in [-0.05, 0) is 83.5 Å². The van der Waals surface area contributed by atoms with Crippen molar-refractivity contribution in [2.24, 2.45) is 0 Å². The van der Waals surface area contributed by atoms with Crippen LogP contribution >= 0.6 is 0 Å². The second-order valence-corrected chi connectivity index (χ2v) is 19.3. The van der Waals surface area contributed by atoms with Crippen molar-refractivity contribution in [1.29, 1.82) is 0 Å². The highest BCUT2D eigenvalue weighted by molar-refractivity contribution is 5.76. The first-order valence-electron chi connectivity index (χ1n) is 28.3. The summed E-state index contributed by atoms with van der Waals surface area (Å²) in [6.45, 7) is 4.86. The Labute approximate surface area is 398 Å².